The molecule has 0 aromatic carbocycles. The van der Waals surface area contributed by atoms with E-state index < -0.39 is 0 Å². The van der Waals surface area contributed by atoms with E-state index in [1.54, 1.807) is 6.20 Å². The van der Waals surface area contributed by atoms with Gasteiger partial charge in [-0.2, -0.15) is 0 Å². The number of halogens is 1. The maximum Gasteiger partial charge on any atom is 0.137 e. The first kappa shape index (κ1) is 15.4. The van der Waals surface area contributed by atoms with Gasteiger partial charge in [0.05, 0.1) is 0 Å². The van der Waals surface area contributed by atoms with Crippen molar-refractivity contribution in [2.75, 3.05) is 25.5 Å². The number of nitrogens with one attached hydrogen (secondary N) is 2. The number of likely N-dealkylation sites (N-methyl/N-ethyl adjacent to an activating group) is 1. The average Bonchev–Trinajstić information content (AvgIpc) is 2.98. The minimum absolute atomic E-state index is 0.409. The summed E-state index contributed by atoms with van der Waals surface area (Å²) in [6, 6.07) is 8.38. The fourth-order valence-corrected chi connectivity index (χ4v) is 3.62. The molecule has 24 heavy (non-hydrogen) atoms. The van der Waals surface area contributed by atoms with Crippen LogP contribution < -0.4 is 5.32 Å². The first-order valence-electron chi connectivity index (χ1n) is 8.24. The molecule has 4 heterocycles. The highest BCUT2D eigenvalue weighted by Gasteiger charge is 2.18. The molecule has 4 rings (SSSR count). The van der Waals surface area contributed by atoms with Crippen molar-refractivity contribution in [1.29, 1.82) is 0 Å². The van der Waals surface area contributed by atoms with Gasteiger partial charge >= 0.3 is 0 Å². The number of hydrogen-bond acceptors (Lipinski definition) is 4. The molecule has 2 N–H and O–H groups in total. The number of H-pyrrole nitrogens is 1. The molecule has 3 aromatic rings. The number of likely N-dealkylation sites (tertiary alicyclic amines) is 1. The normalized spacial score (nSPS) is 18.8. The van der Waals surface area contributed by atoms with Gasteiger partial charge in [0, 0.05) is 35.9 Å². The fraction of sp³-hybridized carbons (Fsp3) is 0.333. The number of aromatic amines is 1. The van der Waals surface area contributed by atoms with Gasteiger partial charge in [-0.1, -0.05) is 11.6 Å². The van der Waals surface area contributed by atoms with E-state index in [0.29, 0.717) is 11.2 Å². The van der Waals surface area contributed by atoms with Crippen LogP contribution in [0.2, 0.25) is 5.15 Å². The number of rotatable bonds is 3. The second kappa shape index (κ2) is 6.42. The van der Waals surface area contributed by atoms with E-state index in [0.717, 1.165) is 47.5 Å². The molecule has 1 unspecified atom stereocenters. The zero-order chi connectivity index (χ0) is 16.5. The van der Waals surface area contributed by atoms with Gasteiger partial charge < -0.3 is 15.2 Å². The summed E-state index contributed by atoms with van der Waals surface area (Å²) >= 11 is 6.28. The predicted octanol–water partition coefficient (Wildman–Crippen LogP) is 3.78. The maximum absolute atomic E-state index is 6.28. The summed E-state index contributed by atoms with van der Waals surface area (Å²) in [4.78, 5) is 14.4. The quantitative estimate of drug-likeness (QED) is 0.712. The van der Waals surface area contributed by atoms with Gasteiger partial charge in [-0.25, -0.2) is 9.97 Å². The average molecular weight is 342 g/mol. The monoisotopic (exact) mass is 341 g/mol. The van der Waals surface area contributed by atoms with E-state index in [9.17, 15) is 0 Å². The zero-order valence-corrected chi connectivity index (χ0v) is 14.3. The Labute approximate surface area is 146 Å². The molecule has 1 atom stereocenters. The third-order valence-corrected chi connectivity index (χ3v) is 4.73. The minimum Gasteiger partial charge on any atom is -0.366 e. The smallest absolute Gasteiger partial charge is 0.137 e. The number of nitrogens with zero attached hydrogens (tertiary/aromatic N) is 3. The summed E-state index contributed by atoms with van der Waals surface area (Å²) in [5, 5.41) is 5.12. The second-order valence-electron chi connectivity index (χ2n) is 6.41. The molecule has 5 nitrogen and oxygen atoms in total. The van der Waals surface area contributed by atoms with Gasteiger partial charge in [0.1, 0.15) is 16.6 Å². The van der Waals surface area contributed by atoms with Crippen molar-refractivity contribution in [2.24, 2.45) is 0 Å². The lowest BCUT2D eigenvalue weighted by Gasteiger charge is -2.30. The topological polar surface area (TPSA) is 56.8 Å². The Hall–Kier alpha value is -2.11. The van der Waals surface area contributed by atoms with Crippen LogP contribution in [-0.4, -0.2) is 46.0 Å². The molecular formula is C18H20ClN5. The Kier molecular flexibility index (Phi) is 4.12. The van der Waals surface area contributed by atoms with Gasteiger partial charge in [0.25, 0.3) is 0 Å². The van der Waals surface area contributed by atoms with Crippen molar-refractivity contribution in [3.63, 3.8) is 0 Å². The highest BCUT2D eigenvalue weighted by atomic mass is 35.5. The van der Waals surface area contributed by atoms with E-state index >= 15 is 0 Å². The third kappa shape index (κ3) is 3.09. The first-order valence-corrected chi connectivity index (χ1v) is 8.62. The molecule has 1 aliphatic rings. The molecule has 0 amide bonds. The fourth-order valence-electron chi connectivity index (χ4n) is 3.41. The predicted molar refractivity (Wildman–Crippen MR) is 98.5 cm³/mol. The molecule has 1 fully saturated rings. The molecule has 0 radical (unpaired) electrons. The lowest BCUT2D eigenvalue weighted by Crippen LogP contribution is -2.39. The van der Waals surface area contributed by atoms with Crippen molar-refractivity contribution in [3.05, 3.63) is 41.8 Å². The largest absolute Gasteiger partial charge is 0.366 e. The van der Waals surface area contributed by atoms with E-state index in [4.69, 9.17) is 11.6 Å². The molecule has 0 spiro atoms. The van der Waals surface area contributed by atoms with Gasteiger partial charge in [0.2, 0.25) is 0 Å². The van der Waals surface area contributed by atoms with Crippen LogP contribution in [0.4, 0.5) is 5.82 Å². The summed E-state index contributed by atoms with van der Waals surface area (Å²) in [6.07, 6.45) is 6.12. The van der Waals surface area contributed by atoms with Crippen LogP contribution >= 0.6 is 11.6 Å². The number of piperidine rings is 1. The molecule has 1 aliphatic heterocycles. The number of anilines is 1. The Morgan fingerprint density at radius 2 is 2.29 bits per heavy atom. The molecule has 124 valence electrons. The van der Waals surface area contributed by atoms with Crippen LogP contribution in [0.25, 0.3) is 22.2 Å². The Balaban J connectivity index is 1.66. The van der Waals surface area contributed by atoms with Crippen molar-refractivity contribution in [2.45, 2.75) is 18.9 Å². The van der Waals surface area contributed by atoms with E-state index in [2.05, 4.69) is 44.3 Å². The van der Waals surface area contributed by atoms with E-state index in [1.807, 2.05) is 18.3 Å². The first-order chi connectivity index (χ1) is 11.7. The molecule has 0 saturated carbocycles. The van der Waals surface area contributed by atoms with Crippen LogP contribution in [0, 0.1) is 0 Å². The van der Waals surface area contributed by atoms with Crippen molar-refractivity contribution < 1.29 is 0 Å². The van der Waals surface area contributed by atoms with Crippen molar-refractivity contribution in [3.8, 4) is 11.1 Å². The minimum atomic E-state index is 0.409. The van der Waals surface area contributed by atoms with E-state index in [-0.39, 0.29) is 0 Å². The summed E-state index contributed by atoms with van der Waals surface area (Å²) in [5.74, 6) is 0.830. The Morgan fingerprint density at radius 1 is 1.38 bits per heavy atom. The SMILES string of the molecule is CN1CCCC(Nc2cc(-c3c[nH]c4ncccc34)cc(Cl)n2)C1. The van der Waals surface area contributed by atoms with Gasteiger partial charge in [0.15, 0.2) is 0 Å². The van der Waals surface area contributed by atoms with Crippen LogP contribution in [0.3, 0.4) is 0 Å². The van der Waals surface area contributed by atoms with Crippen LogP contribution in [0.5, 0.6) is 0 Å². The summed E-state index contributed by atoms with van der Waals surface area (Å²) in [5.41, 5.74) is 3.01. The highest BCUT2D eigenvalue weighted by Crippen LogP contribution is 2.31. The van der Waals surface area contributed by atoms with Gasteiger partial charge in [-0.05, 0) is 56.3 Å². The van der Waals surface area contributed by atoms with Crippen LogP contribution in [-0.2, 0) is 0 Å². The second-order valence-corrected chi connectivity index (χ2v) is 6.80. The number of aromatic nitrogens is 3. The molecule has 6 heteroatoms. The lowest BCUT2D eigenvalue weighted by atomic mass is 10.1. The number of hydrogen-bond donors (Lipinski definition) is 2. The molecular weight excluding hydrogens is 322 g/mol. The number of fused-ring (bicyclic) bond motifs is 1. The summed E-state index contributed by atoms with van der Waals surface area (Å²) in [7, 11) is 2.16. The highest BCUT2D eigenvalue weighted by molar-refractivity contribution is 6.29. The third-order valence-electron chi connectivity index (χ3n) is 4.53. The molecule has 0 aliphatic carbocycles. The Bertz CT molecular complexity index is 859. The molecule has 3 aromatic heterocycles. The van der Waals surface area contributed by atoms with Crippen molar-refractivity contribution >= 4 is 28.5 Å². The number of pyridine rings is 2. The Morgan fingerprint density at radius 3 is 3.17 bits per heavy atom. The molecule has 0 bridgehead atoms. The van der Waals surface area contributed by atoms with Gasteiger partial charge in [-0.15, -0.1) is 0 Å². The van der Waals surface area contributed by atoms with Crippen LogP contribution in [0.15, 0.2) is 36.7 Å². The lowest BCUT2D eigenvalue weighted by molar-refractivity contribution is 0.261. The van der Waals surface area contributed by atoms with Gasteiger partial charge in [-0.3, -0.25) is 0 Å². The van der Waals surface area contributed by atoms with Crippen molar-refractivity contribution in [1.82, 2.24) is 19.9 Å². The molecule has 1 saturated heterocycles. The summed E-state index contributed by atoms with van der Waals surface area (Å²) in [6.45, 7) is 2.19. The standard InChI is InChI=1S/C18H20ClN5/c1-24-7-3-4-13(11-24)22-17-9-12(8-16(19)23-17)15-10-21-18-14(15)5-2-6-20-18/h2,5-6,8-10,13H,3-4,7,11H2,1H3,(H,20,21)(H,22,23). The zero-order valence-electron chi connectivity index (χ0n) is 13.6. The summed E-state index contributed by atoms with van der Waals surface area (Å²) < 4.78 is 0. The van der Waals surface area contributed by atoms with Crippen LogP contribution in [0.1, 0.15) is 12.8 Å². The van der Waals surface area contributed by atoms with E-state index in [1.165, 1.54) is 6.42 Å². The maximum atomic E-state index is 6.28.